The molecule has 16 heteroatoms. The van der Waals surface area contributed by atoms with Gasteiger partial charge in [-0.15, -0.1) is 0 Å². The zero-order valence-corrected chi connectivity index (χ0v) is 19.2. The Balaban J connectivity index is 1.77. The summed E-state index contributed by atoms with van der Waals surface area (Å²) < 4.78 is 119. The third kappa shape index (κ3) is 3.82. The number of rotatable bonds is 5. The van der Waals surface area contributed by atoms with Crippen LogP contribution in [0.25, 0.3) is 27.9 Å². The first-order valence-corrected chi connectivity index (χ1v) is 12.2. The molecule has 2 aromatic heterocycles. The molecule has 0 saturated heterocycles. The van der Waals surface area contributed by atoms with Crippen molar-refractivity contribution in [3.05, 3.63) is 69.4 Å². The Morgan fingerprint density at radius 3 is 2.38 bits per heavy atom. The molecule has 0 unspecified atom stereocenters. The molecular formula is C21H14F6N4O5S. The zero-order chi connectivity index (χ0) is 27.0. The molecule has 0 bridgehead atoms. The second kappa shape index (κ2) is 8.19. The predicted molar refractivity (Wildman–Crippen MR) is 114 cm³/mol. The molecule has 2 N–H and O–H groups in total. The van der Waals surface area contributed by atoms with Gasteiger partial charge in [-0.05, 0) is 6.07 Å². The van der Waals surface area contributed by atoms with E-state index in [0.29, 0.717) is 21.6 Å². The molecule has 2 aromatic carbocycles. The van der Waals surface area contributed by atoms with E-state index in [4.69, 9.17) is 4.52 Å². The minimum Gasteiger partial charge on any atom is -0.392 e. The molecule has 0 spiro atoms. The minimum absolute atomic E-state index is 0.275. The maximum absolute atomic E-state index is 15.4. The van der Waals surface area contributed by atoms with Crippen LogP contribution in [-0.2, 0) is 29.1 Å². The van der Waals surface area contributed by atoms with Crippen LogP contribution >= 0.6 is 0 Å². The van der Waals surface area contributed by atoms with Crippen LogP contribution in [0.15, 0.2) is 33.7 Å². The predicted octanol–water partition coefficient (Wildman–Crippen LogP) is 2.52. The van der Waals surface area contributed by atoms with Crippen LogP contribution in [0.3, 0.4) is 0 Å². The number of aliphatic hydroxyl groups excluding tert-OH is 1. The zero-order valence-electron chi connectivity index (χ0n) is 18.4. The van der Waals surface area contributed by atoms with Crippen molar-refractivity contribution in [1.29, 1.82) is 0 Å². The molecule has 1 aliphatic heterocycles. The Bertz CT molecular complexity index is 1740. The summed E-state index contributed by atoms with van der Waals surface area (Å²) in [4.78, 5) is 13.0. The van der Waals surface area contributed by atoms with Gasteiger partial charge in [0.1, 0.15) is 35.0 Å². The number of imidazole rings is 1. The highest BCUT2D eigenvalue weighted by Crippen LogP contribution is 2.41. The maximum atomic E-state index is 15.4. The second-order valence-electron chi connectivity index (χ2n) is 8.35. The molecule has 0 amide bonds. The highest BCUT2D eigenvalue weighted by atomic mass is 32.2. The molecule has 1 atom stereocenters. The van der Waals surface area contributed by atoms with Crippen LogP contribution in [0, 0.1) is 23.3 Å². The molecular weight excluding hydrogens is 534 g/mol. The van der Waals surface area contributed by atoms with Gasteiger partial charge in [0.25, 0.3) is 0 Å². The van der Waals surface area contributed by atoms with Crippen molar-refractivity contribution >= 4 is 21.0 Å². The van der Waals surface area contributed by atoms with E-state index in [1.54, 1.807) is 4.72 Å². The Hall–Kier alpha value is -3.63. The SMILES string of the molecule is CS(=O)(=O)N[C@@H]1Cn2c(cn(-c3noc4cc(CO)c(F)c(-c5c(F)cc(F)cc5F)c34)c2=O)C1(F)F. The van der Waals surface area contributed by atoms with Crippen molar-refractivity contribution in [2.24, 2.45) is 0 Å². The lowest BCUT2D eigenvalue weighted by atomic mass is 9.96. The summed E-state index contributed by atoms with van der Waals surface area (Å²) in [5.74, 6) is -10.2. The van der Waals surface area contributed by atoms with Gasteiger partial charge in [0.05, 0.1) is 30.4 Å². The average molecular weight is 548 g/mol. The fraction of sp³-hybridized carbons (Fsp3) is 0.238. The molecule has 0 fully saturated rings. The Morgan fingerprint density at radius 1 is 1.16 bits per heavy atom. The topological polar surface area (TPSA) is 119 Å². The van der Waals surface area contributed by atoms with Gasteiger partial charge in [0.2, 0.25) is 10.0 Å². The number of aliphatic hydroxyl groups is 1. The summed E-state index contributed by atoms with van der Waals surface area (Å²) in [6, 6.07) is -0.496. The molecule has 3 heterocycles. The van der Waals surface area contributed by atoms with Crippen LogP contribution in [0.2, 0.25) is 0 Å². The molecule has 1 aliphatic rings. The Morgan fingerprint density at radius 2 is 1.81 bits per heavy atom. The molecule has 9 nitrogen and oxygen atoms in total. The van der Waals surface area contributed by atoms with Crippen molar-refractivity contribution in [2.45, 2.75) is 25.1 Å². The van der Waals surface area contributed by atoms with E-state index >= 15 is 4.39 Å². The van der Waals surface area contributed by atoms with Crippen LogP contribution in [-0.4, -0.2) is 40.1 Å². The van der Waals surface area contributed by atoms with Crippen molar-refractivity contribution in [3.8, 4) is 16.9 Å². The van der Waals surface area contributed by atoms with Crippen molar-refractivity contribution < 1.29 is 44.4 Å². The second-order valence-corrected chi connectivity index (χ2v) is 10.1. The fourth-order valence-corrected chi connectivity index (χ4v) is 5.07. The quantitative estimate of drug-likeness (QED) is 0.370. The first-order valence-electron chi connectivity index (χ1n) is 10.3. The smallest absolute Gasteiger partial charge is 0.334 e. The lowest BCUT2D eigenvalue weighted by molar-refractivity contribution is -0.0248. The number of hydrogen-bond donors (Lipinski definition) is 2. The number of halogens is 6. The number of sulfonamides is 1. The van der Waals surface area contributed by atoms with E-state index in [0.717, 1.165) is 6.07 Å². The van der Waals surface area contributed by atoms with Gasteiger partial charge in [0, 0.05) is 29.5 Å². The van der Waals surface area contributed by atoms with Crippen LogP contribution in [0.5, 0.6) is 0 Å². The van der Waals surface area contributed by atoms with Gasteiger partial charge >= 0.3 is 11.6 Å². The standard InChI is InChI=1S/C21H14F6N4O5S/c1-37(34,35)29-13-5-30-14(21(13,26)27)6-31(20(30)33)19-16-12(36-28-19)2-8(7-32)18(25)17(16)15-10(23)3-9(22)4-11(15)24/h2-4,6,13,29,32H,5,7H2,1H3/t13-/m1/s1. The number of nitrogens with zero attached hydrogens (tertiary/aromatic N) is 3. The summed E-state index contributed by atoms with van der Waals surface area (Å²) in [7, 11) is -4.07. The molecule has 5 rings (SSSR count). The third-order valence-electron chi connectivity index (χ3n) is 5.89. The van der Waals surface area contributed by atoms with Crippen LogP contribution in [0.1, 0.15) is 11.3 Å². The van der Waals surface area contributed by atoms with E-state index in [1.165, 1.54) is 0 Å². The van der Waals surface area contributed by atoms with Crippen molar-refractivity contribution in [2.75, 3.05) is 6.26 Å². The summed E-state index contributed by atoms with van der Waals surface area (Å²) in [5, 5.41) is 12.6. The van der Waals surface area contributed by atoms with E-state index in [1.807, 2.05) is 0 Å². The van der Waals surface area contributed by atoms with E-state index in [9.17, 15) is 40.3 Å². The summed E-state index contributed by atoms with van der Waals surface area (Å²) >= 11 is 0. The Kier molecular flexibility index (Phi) is 5.54. The van der Waals surface area contributed by atoms with E-state index < -0.39 is 97.7 Å². The summed E-state index contributed by atoms with van der Waals surface area (Å²) in [6.07, 6.45) is 1.28. The molecule has 4 aromatic rings. The maximum Gasteiger partial charge on any atom is 0.334 e. The third-order valence-corrected chi connectivity index (χ3v) is 6.61. The normalized spacial score (nSPS) is 17.0. The van der Waals surface area contributed by atoms with Gasteiger partial charge in [-0.25, -0.2) is 40.1 Å². The highest BCUT2D eigenvalue weighted by Gasteiger charge is 2.52. The van der Waals surface area contributed by atoms with Crippen LogP contribution < -0.4 is 10.4 Å². The van der Waals surface area contributed by atoms with Gasteiger partial charge in [-0.2, -0.15) is 8.78 Å². The number of benzene rings is 2. The van der Waals surface area contributed by atoms with Gasteiger partial charge in [-0.1, -0.05) is 5.16 Å². The molecule has 0 radical (unpaired) electrons. The summed E-state index contributed by atoms with van der Waals surface area (Å²) in [5.41, 5.74) is -4.91. The Labute approximate surface area is 202 Å². The fourth-order valence-electron chi connectivity index (χ4n) is 4.33. The largest absolute Gasteiger partial charge is 0.392 e. The molecule has 196 valence electrons. The lowest BCUT2D eigenvalue weighted by Gasteiger charge is -2.18. The number of nitrogens with one attached hydrogen (secondary N) is 1. The molecule has 0 aliphatic carbocycles. The number of fused-ring (bicyclic) bond motifs is 2. The monoisotopic (exact) mass is 548 g/mol. The lowest BCUT2D eigenvalue weighted by Crippen LogP contribution is -2.44. The molecule has 37 heavy (non-hydrogen) atoms. The number of hydrogen-bond acceptors (Lipinski definition) is 6. The highest BCUT2D eigenvalue weighted by molar-refractivity contribution is 7.88. The van der Waals surface area contributed by atoms with E-state index in [2.05, 4.69) is 5.16 Å². The average Bonchev–Trinajstić information content (AvgIpc) is 3.40. The number of alkyl halides is 2. The van der Waals surface area contributed by atoms with Crippen LogP contribution in [0.4, 0.5) is 26.3 Å². The van der Waals surface area contributed by atoms with Gasteiger partial charge in [-0.3, -0.25) is 4.57 Å². The number of aromatic nitrogens is 3. The van der Waals surface area contributed by atoms with Crippen molar-refractivity contribution in [1.82, 2.24) is 19.0 Å². The van der Waals surface area contributed by atoms with Gasteiger partial charge < -0.3 is 9.63 Å². The summed E-state index contributed by atoms with van der Waals surface area (Å²) in [6.45, 7) is -1.72. The van der Waals surface area contributed by atoms with Crippen molar-refractivity contribution in [3.63, 3.8) is 0 Å². The first kappa shape index (κ1) is 25.0. The molecule has 0 saturated carbocycles. The van der Waals surface area contributed by atoms with Gasteiger partial charge in [0.15, 0.2) is 11.4 Å². The minimum atomic E-state index is -4.07. The van der Waals surface area contributed by atoms with E-state index in [-0.39, 0.29) is 17.7 Å². The first-order chi connectivity index (χ1) is 17.2.